The summed E-state index contributed by atoms with van der Waals surface area (Å²) in [6.45, 7) is 9.04. The summed E-state index contributed by atoms with van der Waals surface area (Å²) < 4.78 is 5.37. The number of nitrogens with zero attached hydrogens (tertiary/aromatic N) is 3. The molecule has 18 heavy (non-hydrogen) atoms. The number of nitrogens with one attached hydrogen (secondary N) is 1. The summed E-state index contributed by atoms with van der Waals surface area (Å²) in [5.41, 5.74) is 1.21. The SMILES string of the molecule is c1sc(N2CCOCC2)nc1CN1CCNCC1. The van der Waals surface area contributed by atoms with Crippen LogP contribution in [0.5, 0.6) is 0 Å². The van der Waals surface area contributed by atoms with Crippen LogP contribution in [0.2, 0.25) is 0 Å². The van der Waals surface area contributed by atoms with Crippen molar-refractivity contribution in [1.82, 2.24) is 15.2 Å². The van der Waals surface area contributed by atoms with Crippen molar-refractivity contribution in [2.45, 2.75) is 6.54 Å². The van der Waals surface area contributed by atoms with Crippen molar-refractivity contribution in [2.24, 2.45) is 0 Å². The lowest BCUT2D eigenvalue weighted by Crippen LogP contribution is -2.43. The number of hydrogen-bond acceptors (Lipinski definition) is 6. The van der Waals surface area contributed by atoms with Crippen LogP contribution in [0.3, 0.4) is 0 Å². The largest absolute Gasteiger partial charge is 0.378 e. The zero-order valence-electron chi connectivity index (χ0n) is 10.6. The lowest BCUT2D eigenvalue weighted by Gasteiger charge is -2.27. The predicted molar refractivity (Wildman–Crippen MR) is 73.3 cm³/mol. The van der Waals surface area contributed by atoms with Crippen LogP contribution in [0, 0.1) is 0 Å². The van der Waals surface area contributed by atoms with E-state index in [0.717, 1.165) is 64.2 Å². The van der Waals surface area contributed by atoms with Gasteiger partial charge in [0.05, 0.1) is 18.9 Å². The molecular weight excluding hydrogens is 248 g/mol. The van der Waals surface area contributed by atoms with Crippen molar-refractivity contribution < 1.29 is 4.74 Å². The van der Waals surface area contributed by atoms with Crippen molar-refractivity contribution in [1.29, 1.82) is 0 Å². The van der Waals surface area contributed by atoms with Crippen LogP contribution in [0.1, 0.15) is 5.69 Å². The highest BCUT2D eigenvalue weighted by Crippen LogP contribution is 2.22. The molecule has 3 rings (SSSR count). The number of aromatic nitrogens is 1. The van der Waals surface area contributed by atoms with Gasteiger partial charge in [-0.2, -0.15) is 0 Å². The maximum absolute atomic E-state index is 5.37. The summed E-state index contributed by atoms with van der Waals surface area (Å²) in [6, 6.07) is 0. The van der Waals surface area contributed by atoms with E-state index in [4.69, 9.17) is 9.72 Å². The molecule has 6 heteroatoms. The first-order chi connectivity index (χ1) is 8.92. The number of ether oxygens (including phenoxy) is 1. The molecule has 0 unspecified atom stereocenters. The van der Waals surface area contributed by atoms with Gasteiger partial charge in [-0.15, -0.1) is 11.3 Å². The zero-order valence-corrected chi connectivity index (χ0v) is 11.4. The van der Waals surface area contributed by atoms with Gasteiger partial charge >= 0.3 is 0 Å². The summed E-state index contributed by atoms with van der Waals surface area (Å²) in [5.74, 6) is 0. The average molecular weight is 268 g/mol. The number of hydrogen-bond donors (Lipinski definition) is 1. The number of rotatable bonds is 3. The molecule has 1 aromatic heterocycles. The molecule has 1 N–H and O–H groups in total. The van der Waals surface area contributed by atoms with E-state index in [0.29, 0.717) is 0 Å². The Bertz CT molecular complexity index is 372. The van der Waals surface area contributed by atoms with Gasteiger partial charge in [-0.1, -0.05) is 0 Å². The molecule has 0 spiro atoms. The number of piperazine rings is 1. The summed E-state index contributed by atoms with van der Waals surface area (Å²) >= 11 is 1.76. The van der Waals surface area contributed by atoms with Gasteiger partial charge in [0.25, 0.3) is 0 Å². The van der Waals surface area contributed by atoms with Crippen molar-refractivity contribution in [3.8, 4) is 0 Å². The van der Waals surface area contributed by atoms with E-state index in [1.807, 2.05) is 0 Å². The highest BCUT2D eigenvalue weighted by Gasteiger charge is 2.16. The van der Waals surface area contributed by atoms with E-state index in [-0.39, 0.29) is 0 Å². The van der Waals surface area contributed by atoms with E-state index < -0.39 is 0 Å². The second-order valence-electron chi connectivity index (χ2n) is 4.75. The highest BCUT2D eigenvalue weighted by molar-refractivity contribution is 7.13. The van der Waals surface area contributed by atoms with E-state index >= 15 is 0 Å². The van der Waals surface area contributed by atoms with Crippen LogP contribution in [0.4, 0.5) is 5.13 Å². The standard InChI is InChI=1S/C12H20N4OS/c1-3-15(4-2-13-1)9-11-10-18-12(14-11)16-5-7-17-8-6-16/h10,13H,1-9H2. The second-order valence-corrected chi connectivity index (χ2v) is 5.58. The Balaban J connectivity index is 1.58. The van der Waals surface area contributed by atoms with E-state index in [1.54, 1.807) is 11.3 Å². The molecule has 0 atom stereocenters. The molecule has 3 heterocycles. The molecule has 0 amide bonds. The molecule has 2 saturated heterocycles. The number of anilines is 1. The van der Waals surface area contributed by atoms with Crippen LogP contribution >= 0.6 is 11.3 Å². The van der Waals surface area contributed by atoms with Crippen molar-refractivity contribution in [3.05, 3.63) is 11.1 Å². The van der Waals surface area contributed by atoms with Crippen molar-refractivity contribution >= 4 is 16.5 Å². The second kappa shape index (κ2) is 5.97. The Morgan fingerprint density at radius 2 is 2.00 bits per heavy atom. The summed E-state index contributed by atoms with van der Waals surface area (Å²) in [7, 11) is 0. The first-order valence-corrected chi connectivity index (χ1v) is 7.50. The van der Waals surface area contributed by atoms with Gasteiger partial charge in [-0.05, 0) is 0 Å². The smallest absolute Gasteiger partial charge is 0.185 e. The van der Waals surface area contributed by atoms with Crippen molar-refractivity contribution in [2.75, 3.05) is 57.4 Å². The fraction of sp³-hybridized carbons (Fsp3) is 0.750. The highest BCUT2D eigenvalue weighted by atomic mass is 32.1. The van der Waals surface area contributed by atoms with Gasteiger partial charge in [0.2, 0.25) is 0 Å². The minimum atomic E-state index is 0.826. The van der Waals surface area contributed by atoms with Gasteiger partial charge in [-0.25, -0.2) is 4.98 Å². The maximum Gasteiger partial charge on any atom is 0.185 e. The molecule has 5 nitrogen and oxygen atoms in total. The lowest BCUT2D eigenvalue weighted by molar-refractivity contribution is 0.122. The zero-order chi connectivity index (χ0) is 12.2. The molecule has 2 fully saturated rings. The first kappa shape index (κ1) is 12.3. The molecule has 0 radical (unpaired) electrons. The Kier molecular flexibility index (Phi) is 4.09. The molecule has 0 aromatic carbocycles. The third-order valence-electron chi connectivity index (χ3n) is 3.42. The maximum atomic E-state index is 5.37. The summed E-state index contributed by atoms with van der Waals surface area (Å²) in [4.78, 5) is 9.55. The van der Waals surface area contributed by atoms with Gasteiger partial charge in [0, 0.05) is 51.2 Å². The molecule has 0 aliphatic carbocycles. The quantitative estimate of drug-likeness (QED) is 0.858. The molecule has 2 aliphatic heterocycles. The molecular formula is C12H20N4OS. The fourth-order valence-electron chi connectivity index (χ4n) is 2.37. The molecule has 100 valence electrons. The topological polar surface area (TPSA) is 40.6 Å². The minimum absolute atomic E-state index is 0.826. The van der Waals surface area contributed by atoms with E-state index in [1.165, 1.54) is 5.69 Å². The van der Waals surface area contributed by atoms with E-state index in [9.17, 15) is 0 Å². The van der Waals surface area contributed by atoms with Crippen LogP contribution in [0.25, 0.3) is 0 Å². The number of thiazole rings is 1. The van der Waals surface area contributed by atoms with E-state index in [2.05, 4.69) is 20.5 Å². The summed E-state index contributed by atoms with van der Waals surface area (Å²) in [6.07, 6.45) is 0. The Hall–Kier alpha value is -0.690. The normalized spacial score (nSPS) is 22.3. The molecule has 0 saturated carbocycles. The molecule has 0 bridgehead atoms. The third-order valence-corrected chi connectivity index (χ3v) is 4.37. The van der Waals surface area contributed by atoms with Crippen LogP contribution in [0.15, 0.2) is 5.38 Å². The Morgan fingerprint density at radius 1 is 1.22 bits per heavy atom. The Morgan fingerprint density at radius 3 is 2.78 bits per heavy atom. The summed E-state index contributed by atoms with van der Waals surface area (Å²) in [5, 5.41) is 6.73. The van der Waals surface area contributed by atoms with Gasteiger partial charge in [-0.3, -0.25) is 4.90 Å². The number of morpholine rings is 1. The Labute approximate surface area is 112 Å². The molecule has 2 aliphatic rings. The van der Waals surface area contributed by atoms with Gasteiger partial charge < -0.3 is 15.0 Å². The lowest BCUT2D eigenvalue weighted by atomic mass is 10.3. The average Bonchev–Trinajstić information content (AvgIpc) is 2.89. The monoisotopic (exact) mass is 268 g/mol. The van der Waals surface area contributed by atoms with Gasteiger partial charge in [0.1, 0.15) is 0 Å². The first-order valence-electron chi connectivity index (χ1n) is 6.62. The minimum Gasteiger partial charge on any atom is -0.378 e. The van der Waals surface area contributed by atoms with Gasteiger partial charge in [0.15, 0.2) is 5.13 Å². The predicted octanol–water partition coefficient (Wildman–Crippen LogP) is 0.385. The van der Waals surface area contributed by atoms with Crippen molar-refractivity contribution in [3.63, 3.8) is 0 Å². The van der Waals surface area contributed by atoms with Crippen LogP contribution in [-0.4, -0.2) is 62.4 Å². The van der Waals surface area contributed by atoms with Crippen LogP contribution < -0.4 is 10.2 Å². The fourth-order valence-corrected chi connectivity index (χ4v) is 3.24. The third kappa shape index (κ3) is 3.00. The van der Waals surface area contributed by atoms with Crippen LogP contribution in [-0.2, 0) is 11.3 Å². The molecule has 1 aromatic rings.